The Labute approximate surface area is 162 Å². The van der Waals surface area contributed by atoms with E-state index in [2.05, 4.69) is 0 Å². The maximum Gasteiger partial charge on any atom is 0.406 e. The fourth-order valence-corrected chi connectivity index (χ4v) is 3.83. The summed E-state index contributed by atoms with van der Waals surface area (Å²) in [5.41, 5.74) is 2.77. The van der Waals surface area contributed by atoms with Gasteiger partial charge >= 0.3 is 6.18 Å². The van der Waals surface area contributed by atoms with Crippen molar-refractivity contribution in [3.63, 3.8) is 0 Å². The van der Waals surface area contributed by atoms with Gasteiger partial charge in [-0.2, -0.15) is 13.2 Å². The normalized spacial score (nSPS) is 21.2. The molecule has 2 heterocycles. The Bertz CT molecular complexity index is 745. The van der Waals surface area contributed by atoms with Crippen molar-refractivity contribution in [3.05, 3.63) is 29.3 Å². The van der Waals surface area contributed by atoms with Crippen LogP contribution in [-0.2, 0) is 14.3 Å². The van der Waals surface area contributed by atoms with E-state index in [9.17, 15) is 22.8 Å². The van der Waals surface area contributed by atoms with Gasteiger partial charge in [0.25, 0.3) is 0 Å². The van der Waals surface area contributed by atoms with E-state index in [-0.39, 0.29) is 18.9 Å². The molecule has 28 heavy (non-hydrogen) atoms. The number of aryl methyl sites for hydroxylation is 2. The maximum atomic E-state index is 13.1. The van der Waals surface area contributed by atoms with E-state index in [1.807, 2.05) is 26.0 Å². The molecule has 0 spiro atoms. The number of carbonyl (C=O) groups excluding carboxylic acids is 2. The molecule has 0 unspecified atom stereocenters. The second-order valence-electron chi connectivity index (χ2n) is 7.60. The first-order chi connectivity index (χ1) is 13.2. The van der Waals surface area contributed by atoms with E-state index in [4.69, 9.17) is 4.74 Å². The molecule has 2 aliphatic heterocycles. The average Bonchev–Trinajstić information content (AvgIpc) is 3.03. The van der Waals surface area contributed by atoms with Gasteiger partial charge in [-0.1, -0.05) is 6.07 Å². The molecule has 0 N–H and O–H groups in total. The summed E-state index contributed by atoms with van der Waals surface area (Å²) >= 11 is 0. The van der Waals surface area contributed by atoms with Gasteiger partial charge in [0.2, 0.25) is 11.8 Å². The number of anilines is 1. The number of amides is 2. The van der Waals surface area contributed by atoms with Gasteiger partial charge < -0.3 is 14.5 Å². The number of benzene rings is 1. The zero-order valence-corrected chi connectivity index (χ0v) is 16.1. The SMILES string of the molecule is Cc1ccc(N2C[C@H](C(=O)N(CC(F)(F)F)C3CCOCC3)CC2=O)cc1C. The van der Waals surface area contributed by atoms with Crippen molar-refractivity contribution in [1.82, 2.24) is 4.90 Å². The summed E-state index contributed by atoms with van der Waals surface area (Å²) < 4.78 is 44.5. The quantitative estimate of drug-likeness (QED) is 0.783. The Balaban J connectivity index is 1.77. The van der Waals surface area contributed by atoms with Crippen LogP contribution >= 0.6 is 0 Å². The first-order valence-corrected chi connectivity index (χ1v) is 9.48. The van der Waals surface area contributed by atoms with Gasteiger partial charge in [0.1, 0.15) is 6.54 Å². The minimum atomic E-state index is -4.48. The molecule has 0 radical (unpaired) electrons. The van der Waals surface area contributed by atoms with Crippen LogP contribution in [0, 0.1) is 19.8 Å². The molecular formula is C20H25F3N2O3. The molecule has 0 aromatic heterocycles. The van der Waals surface area contributed by atoms with Gasteiger partial charge in [0, 0.05) is 37.9 Å². The van der Waals surface area contributed by atoms with Gasteiger partial charge in [-0.05, 0) is 49.9 Å². The lowest BCUT2D eigenvalue weighted by Crippen LogP contribution is -2.50. The molecule has 2 amide bonds. The molecule has 1 aromatic rings. The summed E-state index contributed by atoms with van der Waals surface area (Å²) in [6.45, 7) is 3.39. The van der Waals surface area contributed by atoms with E-state index in [1.165, 1.54) is 4.90 Å². The lowest BCUT2D eigenvalue weighted by molar-refractivity contribution is -0.171. The largest absolute Gasteiger partial charge is 0.406 e. The number of nitrogens with zero attached hydrogens (tertiary/aromatic N) is 2. The standard InChI is InChI=1S/C20H25F3N2O3/c1-13-3-4-17(9-14(13)2)24-11-15(10-18(24)26)19(27)25(12-20(21,22)23)16-5-7-28-8-6-16/h3-4,9,15-16H,5-8,10-12H2,1-2H3/t15-/m1/s1. The molecule has 0 aliphatic carbocycles. The van der Waals surface area contributed by atoms with Crippen LogP contribution in [0.4, 0.5) is 18.9 Å². The van der Waals surface area contributed by atoms with E-state index in [1.54, 1.807) is 6.07 Å². The number of halogens is 3. The third-order valence-corrected chi connectivity index (χ3v) is 5.54. The fraction of sp³-hybridized carbons (Fsp3) is 0.600. The van der Waals surface area contributed by atoms with Gasteiger partial charge in [0.05, 0.1) is 5.92 Å². The number of ether oxygens (including phenoxy) is 1. The first kappa shape index (κ1) is 20.6. The summed E-state index contributed by atoms with van der Waals surface area (Å²) in [4.78, 5) is 27.9. The van der Waals surface area contributed by atoms with Gasteiger partial charge in [0.15, 0.2) is 0 Å². The Morgan fingerprint density at radius 3 is 2.50 bits per heavy atom. The van der Waals surface area contributed by atoms with E-state index in [0.29, 0.717) is 31.7 Å². The van der Waals surface area contributed by atoms with Crippen LogP contribution in [0.5, 0.6) is 0 Å². The molecule has 2 saturated heterocycles. The molecule has 154 valence electrons. The van der Waals surface area contributed by atoms with Crippen LogP contribution in [0.1, 0.15) is 30.4 Å². The summed E-state index contributed by atoms with van der Waals surface area (Å²) in [5, 5.41) is 0. The van der Waals surface area contributed by atoms with Gasteiger partial charge in [-0.3, -0.25) is 9.59 Å². The van der Waals surface area contributed by atoms with Crippen LogP contribution < -0.4 is 4.90 Å². The lowest BCUT2D eigenvalue weighted by Gasteiger charge is -2.36. The molecule has 2 fully saturated rings. The molecule has 0 saturated carbocycles. The molecule has 1 atom stereocenters. The minimum Gasteiger partial charge on any atom is -0.381 e. The van der Waals surface area contributed by atoms with Crippen LogP contribution in [0.2, 0.25) is 0 Å². The van der Waals surface area contributed by atoms with Crippen LogP contribution in [0.15, 0.2) is 18.2 Å². The average molecular weight is 398 g/mol. The summed E-state index contributed by atoms with van der Waals surface area (Å²) in [7, 11) is 0. The van der Waals surface area contributed by atoms with Crippen molar-refractivity contribution in [2.45, 2.75) is 45.3 Å². The third-order valence-electron chi connectivity index (χ3n) is 5.54. The Hall–Kier alpha value is -2.09. The molecule has 2 aliphatic rings. The highest BCUT2D eigenvalue weighted by atomic mass is 19.4. The van der Waals surface area contributed by atoms with Crippen molar-refractivity contribution >= 4 is 17.5 Å². The third kappa shape index (κ3) is 4.66. The predicted molar refractivity (Wildman–Crippen MR) is 98.0 cm³/mol. The van der Waals surface area contributed by atoms with E-state index in [0.717, 1.165) is 16.0 Å². The van der Waals surface area contributed by atoms with Crippen LogP contribution in [-0.4, -0.2) is 55.2 Å². The Morgan fingerprint density at radius 2 is 1.89 bits per heavy atom. The van der Waals surface area contributed by atoms with Crippen molar-refractivity contribution in [1.29, 1.82) is 0 Å². The second-order valence-corrected chi connectivity index (χ2v) is 7.60. The monoisotopic (exact) mass is 398 g/mol. The highest BCUT2D eigenvalue weighted by molar-refractivity contribution is 6.00. The zero-order valence-electron chi connectivity index (χ0n) is 16.1. The molecule has 5 nitrogen and oxygen atoms in total. The molecular weight excluding hydrogens is 373 g/mol. The molecule has 3 rings (SSSR count). The minimum absolute atomic E-state index is 0.0661. The number of hydrogen-bond acceptors (Lipinski definition) is 3. The van der Waals surface area contributed by atoms with Gasteiger partial charge in [-0.15, -0.1) is 0 Å². The maximum absolute atomic E-state index is 13.1. The van der Waals surface area contributed by atoms with Crippen LogP contribution in [0.3, 0.4) is 0 Å². The highest BCUT2D eigenvalue weighted by Gasteiger charge is 2.43. The second kappa shape index (κ2) is 8.11. The lowest BCUT2D eigenvalue weighted by atomic mass is 10.0. The molecule has 8 heteroatoms. The van der Waals surface area contributed by atoms with Crippen molar-refractivity contribution in [3.8, 4) is 0 Å². The smallest absolute Gasteiger partial charge is 0.381 e. The van der Waals surface area contributed by atoms with Crippen molar-refractivity contribution < 1.29 is 27.5 Å². The highest BCUT2D eigenvalue weighted by Crippen LogP contribution is 2.30. The summed E-state index contributed by atoms with van der Waals surface area (Å²) in [6, 6.07) is 5.06. The van der Waals surface area contributed by atoms with Gasteiger partial charge in [-0.25, -0.2) is 0 Å². The number of hydrogen-bond donors (Lipinski definition) is 0. The zero-order chi connectivity index (χ0) is 20.5. The Morgan fingerprint density at radius 1 is 1.21 bits per heavy atom. The number of rotatable bonds is 4. The fourth-order valence-electron chi connectivity index (χ4n) is 3.83. The number of carbonyl (C=O) groups is 2. The summed E-state index contributed by atoms with van der Waals surface area (Å²) in [5.74, 6) is -1.59. The summed E-state index contributed by atoms with van der Waals surface area (Å²) in [6.07, 6.45) is -3.79. The van der Waals surface area contributed by atoms with Crippen molar-refractivity contribution in [2.24, 2.45) is 5.92 Å². The topological polar surface area (TPSA) is 49.9 Å². The van der Waals surface area contributed by atoms with E-state index >= 15 is 0 Å². The molecule has 1 aromatic carbocycles. The number of alkyl halides is 3. The molecule has 0 bridgehead atoms. The Kier molecular flexibility index (Phi) is 5.98. The van der Waals surface area contributed by atoms with E-state index < -0.39 is 30.6 Å². The first-order valence-electron chi connectivity index (χ1n) is 9.48. The van der Waals surface area contributed by atoms with Crippen molar-refractivity contribution in [2.75, 3.05) is 31.2 Å². The predicted octanol–water partition coefficient (Wildman–Crippen LogP) is 3.23. The van der Waals surface area contributed by atoms with Crippen LogP contribution in [0.25, 0.3) is 0 Å².